The molecule has 1 aromatic rings. The van der Waals surface area contributed by atoms with Crippen LogP contribution < -0.4 is 14.8 Å². The van der Waals surface area contributed by atoms with Crippen LogP contribution in [0.2, 0.25) is 0 Å². The van der Waals surface area contributed by atoms with E-state index in [1.54, 1.807) is 0 Å². The van der Waals surface area contributed by atoms with E-state index >= 15 is 0 Å². The molecule has 0 bridgehead atoms. The molecule has 0 aliphatic carbocycles. The third kappa shape index (κ3) is 4.32. The van der Waals surface area contributed by atoms with Crippen LogP contribution in [0.4, 0.5) is 5.69 Å². The fraction of sp³-hybridized carbons (Fsp3) is 0.500. The fourth-order valence-electron chi connectivity index (χ4n) is 2.12. The maximum Gasteiger partial charge on any atom is 0.273 e. The number of carbonyl (C=O) groups is 1. The maximum absolute atomic E-state index is 11.7. The number of benzene rings is 1. The molecule has 2 rings (SSSR count). The number of nitrogens with one attached hydrogen (secondary N) is 1. The van der Waals surface area contributed by atoms with Gasteiger partial charge in [0.1, 0.15) is 0 Å². The zero-order valence-corrected chi connectivity index (χ0v) is 12.2. The van der Waals surface area contributed by atoms with Crippen LogP contribution in [0.1, 0.15) is 12.8 Å². The van der Waals surface area contributed by atoms with E-state index in [9.17, 15) is 14.9 Å². The van der Waals surface area contributed by atoms with Crippen LogP contribution in [0.3, 0.4) is 0 Å². The Morgan fingerprint density at radius 3 is 2.95 bits per heavy atom. The van der Waals surface area contributed by atoms with E-state index in [2.05, 4.69) is 5.32 Å². The van der Waals surface area contributed by atoms with Crippen molar-refractivity contribution >= 4 is 11.6 Å². The maximum atomic E-state index is 11.7. The molecule has 1 atom stereocenters. The first-order valence-corrected chi connectivity index (χ1v) is 6.93. The van der Waals surface area contributed by atoms with Crippen molar-refractivity contribution in [1.29, 1.82) is 0 Å². The van der Waals surface area contributed by atoms with Crippen molar-refractivity contribution in [3.8, 4) is 11.5 Å². The largest absolute Gasteiger partial charge is 0.493 e. The van der Waals surface area contributed by atoms with Gasteiger partial charge in [-0.25, -0.2) is 0 Å². The molecule has 8 nitrogen and oxygen atoms in total. The molecule has 0 unspecified atom stereocenters. The number of hydrogen-bond donors (Lipinski definition) is 1. The molecule has 1 aliphatic rings. The van der Waals surface area contributed by atoms with Gasteiger partial charge in [-0.15, -0.1) is 0 Å². The van der Waals surface area contributed by atoms with Crippen LogP contribution in [0.15, 0.2) is 18.2 Å². The number of carbonyl (C=O) groups excluding carboxylic acids is 1. The quantitative estimate of drug-likeness (QED) is 0.601. The summed E-state index contributed by atoms with van der Waals surface area (Å²) in [6, 6.07) is 3.97. The van der Waals surface area contributed by atoms with Crippen molar-refractivity contribution < 1.29 is 23.9 Å². The summed E-state index contributed by atoms with van der Waals surface area (Å²) in [6.45, 7) is 0.917. The minimum atomic E-state index is -0.538. The van der Waals surface area contributed by atoms with Gasteiger partial charge < -0.3 is 19.5 Å². The Morgan fingerprint density at radius 2 is 2.32 bits per heavy atom. The van der Waals surface area contributed by atoms with Crippen molar-refractivity contribution in [3.05, 3.63) is 28.3 Å². The van der Waals surface area contributed by atoms with Gasteiger partial charge in [-0.1, -0.05) is 0 Å². The van der Waals surface area contributed by atoms with E-state index in [0.717, 1.165) is 19.4 Å². The lowest BCUT2D eigenvalue weighted by atomic mass is 10.2. The average molecular weight is 310 g/mol. The SMILES string of the molecule is COc1ccc([N+](=O)[O-])cc1OCC(=O)NC[C@@H]1CCCO1. The molecule has 8 heteroatoms. The van der Waals surface area contributed by atoms with E-state index < -0.39 is 4.92 Å². The minimum absolute atomic E-state index is 0.0521. The highest BCUT2D eigenvalue weighted by Gasteiger charge is 2.17. The Balaban J connectivity index is 1.87. The highest BCUT2D eigenvalue weighted by molar-refractivity contribution is 5.77. The lowest BCUT2D eigenvalue weighted by Gasteiger charge is -2.12. The normalized spacial score (nSPS) is 17.0. The molecule has 1 fully saturated rings. The molecule has 1 heterocycles. The first-order valence-electron chi connectivity index (χ1n) is 6.93. The summed E-state index contributed by atoms with van der Waals surface area (Å²) in [5, 5.41) is 13.5. The molecule has 1 N–H and O–H groups in total. The van der Waals surface area contributed by atoms with Gasteiger partial charge in [0.15, 0.2) is 18.1 Å². The number of hydrogen-bond acceptors (Lipinski definition) is 6. The summed E-state index contributed by atoms with van der Waals surface area (Å²) in [7, 11) is 1.42. The third-order valence-electron chi connectivity index (χ3n) is 3.27. The molecule has 120 valence electrons. The number of non-ortho nitro benzene ring substituents is 1. The van der Waals surface area contributed by atoms with Gasteiger partial charge in [0.25, 0.3) is 11.6 Å². The summed E-state index contributed by atoms with van der Waals surface area (Å²) < 4.78 is 15.8. The first-order chi connectivity index (χ1) is 10.6. The molecule has 0 aromatic heterocycles. The molecule has 1 aromatic carbocycles. The highest BCUT2D eigenvalue weighted by atomic mass is 16.6. The topological polar surface area (TPSA) is 99.9 Å². The van der Waals surface area contributed by atoms with Gasteiger partial charge in [0.05, 0.1) is 24.2 Å². The summed E-state index contributed by atoms with van der Waals surface area (Å²) in [6.07, 6.45) is 1.98. The monoisotopic (exact) mass is 310 g/mol. The van der Waals surface area contributed by atoms with Crippen LogP contribution in [0.25, 0.3) is 0 Å². The van der Waals surface area contributed by atoms with Gasteiger partial charge in [0.2, 0.25) is 0 Å². The lowest BCUT2D eigenvalue weighted by molar-refractivity contribution is -0.385. The Kier molecular flexibility index (Phi) is 5.54. The molecule has 1 aliphatic heterocycles. The lowest BCUT2D eigenvalue weighted by Crippen LogP contribution is -2.35. The average Bonchev–Trinajstić information content (AvgIpc) is 3.03. The summed E-state index contributed by atoms with van der Waals surface area (Å²) in [4.78, 5) is 21.9. The van der Waals surface area contributed by atoms with Crippen LogP contribution >= 0.6 is 0 Å². The molecular weight excluding hydrogens is 292 g/mol. The number of nitrogens with zero attached hydrogens (tertiary/aromatic N) is 1. The Bertz CT molecular complexity index is 542. The number of ether oxygens (including phenoxy) is 3. The first kappa shape index (κ1) is 16.0. The predicted molar refractivity (Wildman–Crippen MR) is 77.1 cm³/mol. The molecular formula is C14H18N2O6. The Hall–Kier alpha value is -2.35. The smallest absolute Gasteiger partial charge is 0.273 e. The van der Waals surface area contributed by atoms with E-state index in [-0.39, 0.29) is 30.1 Å². The van der Waals surface area contributed by atoms with Crippen molar-refractivity contribution in [3.63, 3.8) is 0 Å². The minimum Gasteiger partial charge on any atom is -0.493 e. The van der Waals surface area contributed by atoms with Crippen LogP contribution in [0, 0.1) is 10.1 Å². The zero-order valence-electron chi connectivity index (χ0n) is 12.2. The number of amides is 1. The fourth-order valence-corrected chi connectivity index (χ4v) is 2.12. The van der Waals surface area contributed by atoms with Crippen molar-refractivity contribution in [2.45, 2.75) is 18.9 Å². The second kappa shape index (κ2) is 7.60. The van der Waals surface area contributed by atoms with Gasteiger partial charge in [-0.05, 0) is 18.9 Å². The van der Waals surface area contributed by atoms with Crippen LogP contribution in [-0.2, 0) is 9.53 Å². The number of methoxy groups -OCH3 is 1. The van der Waals surface area contributed by atoms with Crippen molar-refractivity contribution in [1.82, 2.24) is 5.32 Å². The summed E-state index contributed by atoms with van der Waals surface area (Å²) in [5.74, 6) is 0.172. The number of nitro groups is 1. The second-order valence-corrected chi connectivity index (χ2v) is 4.82. The number of nitro benzene ring substituents is 1. The van der Waals surface area contributed by atoms with Gasteiger partial charge in [0, 0.05) is 19.2 Å². The zero-order chi connectivity index (χ0) is 15.9. The van der Waals surface area contributed by atoms with Crippen LogP contribution in [-0.4, -0.2) is 43.8 Å². The molecule has 1 amide bonds. The van der Waals surface area contributed by atoms with E-state index in [0.29, 0.717) is 12.3 Å². The molecule has 1 saturated heterocycles. The molecule has 0 saturated carbocycles. The van der Waals surface area contributed by atoms with E-state index in [4.69, 9.17) is 14.2 Å². The Morgan fingerprint density at radius 1 is 1.50 bits per heavy atom. The molecule has 0 spiro atoms. The predicted octanol–water partition coefficient (Wildman–Crippen LogP) is 1.28. The summed E-state index contributed by atoms with van der Waals surface area (Å²) >= 11 is 0. The molecule has 0 radical (unpaired) electrons. The van der Waals surface area contributed by atoms with Gasteiger partial charge >= 0.3 is 0 Å². The second-order valence-electron chi connectivity index (χ2n) is 4.82. The van der Waals surface area contributed by atoms with Crippen LogP contribution in [0.5, 0.6) is 11.5 Å². The highest BCUT2D eigenvalue weighted by Crippen LogP contribution is 2.30. The molecule has 22 heavy (non-hydrogen) atoms. The van der Waals surface area contributed by atoms with E-state index in [1.807, 2.05) is 0 Å². The van der Waals surface area contributed by atoms with Crippen molar-refractivity contribution in [2.75, 3.05) is 26.9 Å². The van der Waals surface area contributed by atoms with Crippen molar-refractivity contribution in [2.24, 2.45) is 0 Å². The Labute approximate surface area is 127 Å². The summed E-state index contributed by atoms with van der Waals surface area (Å²) in [5.41, 5.74) is -0.129. The van der Waals surface area contributed by atoms with Gasteiger partial charge in [-0.2, -0.15) is 0 Å². The standard InChI is InChI=1S/C14H18N2O6/c1-20-12-5-4-10(16(18)19)7-13(12)22-9-14(17)15-8-11-3-2-6-21-11/h4-5,7,11H,2-3,6,8-9H2,1H3,(H,15,17)/t11-/m0/s1. The van der Waals surface area contributed by atoms with Gasteiger partial charge in [-0.3, -0.25) is 14.9 Å². The van der Waals surface area contributed by atoms with E-state index in [1.165, 1.54) is 25.3 Å². The third-order valence-corrected chi connectivity index (χ3v) is 3.27. The number of rotatable bonds is 7.